The molecule has 1 N–H and O–H groups in total. The number of hydrogen-bond acceptors (Lipinski definition) is 4. The van der Waals surface area contributed by atoms with Crippen molar-refractivity contribution < 1.29 is 9.53 Å². The van der Waals surface area contributed by atoms with E-state index in [1.165, 1.54) is 0 Å². The van der Waals surface area contributed by atoms with Gasteiger partial charge in [-0.15, -0.1) is 11.3 Å². The lowest BCUT2D eigenvalue weighted by atomic mass is 10.1. The highest BCUT2D eigenvalue weighted by Crippen LogP contribution is 2.28. The maximum absolute atomic E-state index is 12.1. The number of carbonyl (C=O) groups excluding carboxylic acids is 1. The van der Waals surface area contributed by atoms with Crippen molar-refractivity contribution in [2.24, 2.45) is 0 Å². The average molecular weight is 443 g/mol. The van der Waals surface area contributed by atoms with Gasteiger partial charge in [0.25, 0.3) is 0 Å². The van der Waals surface area contributed by atoms with Crippen molar-refractivity contribution in [1.29, 1.82) is 0 Å². The zero-order chi connectivity index (χ0) is 22.2. The second kappa shape index (κ2) is 10.7. The molecule has 0 unspecified atom stereocenters. The van der Waals surface area contributed by atoms with E-state index in [1.807, 2.05) is 61.5 Å². The van der Waals surface area contributed by atoms with Gasteiger partial charge in [0.2, 0.25) is 5.91 Å². The maximum atomic E-state index is 12.1. The summed E-state index contributed by atoms with van der Waals surface area (Å²) in [6.45, 7) is 3.07. The fourth-order valence-electron chi connectivity index (χ4n) is 3.34. The van der Waals surface area contributed by atoms with Crippen molar-refractivity contribution in [3.05, 3.63) is 95.4 Å². The minimum atomic E-state index is 0.0369. The van der Waals surface area contributed by atoms with E-state index in [9.17, 15) is 4.79 Å². The quantitative estimate of drug-likeness (QED) is 0.311. The van der Waals surface area contributed by atoms with Crippen LogP contribution in [-0.2, 0) is 11.3 Å². The van der Waals surface area contributed by atoms with Gasteiger partial charge in [0.05, 0.1) is 12.3 Å². The predicted molar refractivity (Wildman–Crippen MR) is 131 cm³/mol. The summed E-state index contributed by atoms with van der Waals surface area (Å²) in [6.07, 6.45) is 1.14. The van der Waals surface area contributed by atoms with E-state index in [0.29, 0.717) is 26.0 Å². The van der Waals surface area contributed by atoms with Gasteiger partial charge < -0.3 is 10.1 Å². The molecule has 3 aromatic carbocycles. The molecule has 0 radical (unpaired) electrons. The molecule has 1 aromatic heterocycles. The van der Waals surface area contributed by atoms with Crippen molar-refractivity contribution in [3.8, 4) is 27.6 Å². The van der Waals surface area contributed by atoms with Gasteiger partial charge in [-0.1, -0.05) is 72.8 Å². The van der Waals surface area contributed by atoms with Crippen LogP contribution < -0.4 is 10.1 Å². The van der Waals surface area contributed by atoms with Gasteiger partial charge in [0, 0.05) is 29.5 Å². The standard InChI is InChI=1S/C27H26N2O2S/c1-20-8-5-6-11-25(20)31-17-7-12-26(30)28-18-21-13-15-23(16-14-21)27-29-24(19-32-27)22-9-3-2-4-10-22/h2-6,8-11,13-16,19H,7,12,17-18H2,1H3,(H,28,30). The molecular formula is C27H26N2O2S. The first-order valence-electron chi connectivity index (χ1n) is 10.7. The molecule has 0 saturated carbocycles. The minimum absolute atomic E-state index is 0.0369. The number of benzene rings is 3. The van der Waals surface area contributed by atoms with Crippen LogP contribution in [0.4, 0.5) is 0 Å². The Hall–Kier alpha value is -3.44. The molecule has 32 heavy (non-hydrogen) atoms. The van der Waals surface area contributed by atoms with Crippen LogP contribution in [0.5, 0.6) is 5.75 Å². The summed E-state index contributed by atoms with van der Waals surface area (Å²) in [5.74, 6) is 0.916. The first kappa shape index (κ1) is 21.8. The molecule has 0 atom stereocenters. The molecule has 5 heteroatoms. The summed E-state index contributed by atoms with van der Waals surface area (Å²) in [5, 5.41) is 6.06. The summed E-state index contributed by atoms with van der Waals surface area (Å²) in [6, 6.07) is 26.3. The zero-order valence-corrected chi connectivity index (χ0v) is 18.9. The van der Waals surface area contributed by atoms with Crippen LogP contribution in [0.2, 0.25) is 0 Å². The number of aromatic nitrogens is 1. The number of aryl methyl sites for hydroxylation is 1. The van der Waals surface area contributed by atoms with Crippen molar-refractivity contribution in [2.45, 2.75) is 26.3 Å². The van der Waals surface area contributed by atoms with Crippen LogP contribution >= 0.6 is 11.3 Å². The summed E-state index contributed by atoms with van der Waals surface area (Å²) in [5.41, 5.74) is 5.38. The molecule has 4 rings (SSSR count). The number of carbonyl (C=O) groups is 1. The molecule has 162 valence electrons. The molecule has 0 aliphatic carbocycles. The van der Waals surface area contributed by atoms with E-state index in [1.54, 1.807) is 11.3 Å². The predicted octanol–water partition coefficient (Wildman–Crippen LogP) is 6.26. The first-order valence-corrected chi connectivity index (χ1v) is 11.6. The molecule has 1 amide bonds. The van der Waals surface area contributed by atoms with Gasteiger partial charge >= 0.3 is 0 Å². The van der Waals surface area contributed by atoms with Gasteiger partial charge in [-0.2, -0.15) is 0 Å². The highest BCUT2D eigenvalue weighted by Gasteiger charge is 2.07. The van der Waals surface area contributed by atoms with Crippen LogP contribution in [-0.4, -0.2) is 17.5 Å². The fourth-order valence-corrected chi connectivity index (χ4v) is 4.17. The normalized spacial score (nSPS) is 10.7. The molecule has 0 saturated heterocycles. The molecule has 1 heterocycles. The number of para-hydroxylation sites is 1. The highest BCUT2D eigenvalue weighted by atomic mass is 32.1. The zero-order valence-electron chi connectivity index (χ0n) is 18.1. The number of hydrogen-bond donors (Lipinski definition) is 1. The number of ether oxygens (including phenoxy) is 1. The summed E-state index contributed by atoms with van der Waals surface area (Å²) >= 11 is 1.64. The van der Waals surface area contributed by atoms with Gasteiger partial charge in [-0.25, -0.2) is 4.98 Å². The molecule has 4 nitrogen and oxygen atoms in total. The van der Waals surface area contributed by atoms with Crippen molar-refractivity contribution in [1.82, 2.24) is 10.3 Å². The Labute approximate surface area is 192 Å². The van der Waals surface area contributed by atoms with E-state index in [-0.39, 0.29) is 5.91 Å². The Morgan fingerprint density at radius 3 is 2.47 bits per heavy atom. The van der Waals surface area contributed by atoms with E-state index in [2.05, 4.69) is 35.0 Å². The van der Waals surface area contributed by atoms with Crippen molar-refractivity contribution in [3.63, 3.8) is 0 Å². The lowest BCUT2D eigenvalue weighted by Crippen LogP contribution is -2.22. The smallest absolute Gasteiger partial charge is 0.220 e. The Balaban J connectivity index is 1.22. The highest BCUT2D eigenvalue weighted by molar-refractivity contribution is 7.13. The van der Waals surface area contributed by atoms with Crippen molar-refractivity contribution in [2.75, 3.05) is 6.61 Å². The third-order valence-corrected chi connectivity index (χ3v) is 6.06. The van der Waals surface area contributed by atoms with Crippen molar-refractivity contribution >= 4 is 17.2 Å². The summed E-state index contributed by atoms with van der Waals surface area (Å²) in [7, 11) is 0. The lowest BCUT2D eigenvalue weighted by Gasteiger charge is -2.09. The Kier molecular flexibility index (Phi) is 7.31. The molecule has 0 spiro atoms. The third kappa shape index (κ3) is 5.83. The minimum Gasteiger partial charge on any atom is -0.493 e. The van der Waals surface area contributed by atoms with Crippen LogP contribution in [0.25, 0.3) is 21.8 Å². The third-order valence-electron chi connectivity index (χ3n) is 5.16. The van der Waals surface area contributed by atoms with Crippen LogP contribution in [0.3, 0.4) is 0 Å². The summed E-state index contributed by atoms with van der Waals surface area (Å²) in [4.78, 5) is 16.9. The Bertz CT molecular complexity index is 1150. The maximum Gasteiger partial charge on any atom is 0.220 e. The Morgan fingerprint density at radius 2 is 1.69 bits per heavy atom. The van der Waals surface area contributed by atoms with Gasteiger partial charge in [0.1, 0.15) is 10.8 Å². The van der Waals surface area contributed by atoms with Crippen LogP contribution in [0.1, 0.15) is 24.0 Å². The largest absolute Gasteiger partial charge is 0.493 e. The molecular weight excluding hydrogens is 416 g/mol. The van der Waals surface area contributed by atoms with Crippen LogP contribution in [0.15, 0.2) is 84.2 Å². The number of nitrogens with zero attached hydrogens (tertiary/aromatic N) is 1. The van der Waals surface area contributed by atoms with Gasteiger partial charge in [0.15, 0.2) is 0 Å². The molecule has 0 bridgehead atoms. The van der Waals surface area contributed by atoms with E-state index < -0.39 is 0 Å². The second-order valence-corrected chi connectivity index (χ2v) is 8.45. The molecule has 0 aliphatic rings. The average Bonchev–Trinajstić information content (AvgIpc) is 3.33. The monoisotopic (exact) mass is 442 g/mol. The number of rotatable bonds is 9. The summed E-state index contributed by atoms with van der Waals surface area (Å²) < 4.78 is 5.75. The number of amides is 1. The van der Waals surface area contributed by atoms with Gasteiger partial charge in [-0.3, -0.25) is 4.79 Å². The van der Waals surface area contributed by atoms with E-state index in [0.717, 1.165) is 38.7 Å². The Morgan fingerprint density at radius 1 is 0.938 bits per heavy atom. The molecule has 4 aromatic rings. The number of nitrogens with one attached hydrogen (secondary N) is 1. The van der Waals surface area contributed by atoms with E-state index in [4.69, 9.17) is 9.72 Å². The molecule has 0 fully saturated rings. The first-order chi connectivity index (χ1) is 15.7. The number of thiazole rings is 1. The van der Waals surface area contributed by atoms with Crippen LogP contribution in [0, 0.1) is 6.92 Å². The molecule has 0 aliphatic heterocycles. The lowest BCUT2D eigenvalue weighted by molar-refractivity contribution is -0.121. The van der Waals surface area contributed by atoms with Gasteiger partial charge in [-0.05, 0) is 30.5 Å². The second-order valence-electron chi connectivity index (χ2n) is 7.60. The fraction of sp³-hybridized carbons (Fsp3) is 0.185. The SMILES string of the molecule is Cc1ccccc1OCCCC(=O)NCc1ccc(-c2nc(-c3ccccc3)cs2)cc1. The van der Waals surface area contributed by atoms with E-state index >= 15 is 0 Å². The topological polar surface area (TPSA) is 51.2 Å².